The van der Waals surface area contributed by atoms with Crippen LogP contribution in [0.5, 0.6) is 0 Å². The number of Topliss-reactive ketones (excluding diaryl/α,β-unsaturated/α-hetero) is 1. The highest BCUT2D eigenvalue weighted by molar-refractivity contribution is 6.45. The molecule has 1 aliphatic heterocycles. The number of ketones is 1. The molecule has 0 bridgehead atoms. The Balaban J connectivity index is 1.47. The van der Waals surface area contributed by atoms with Crippen LogP contribution in [0, 0.1) is 0 Å². The van der Waals surface area contributed by atoms with Crippen LogP contribution in [0.2, 0.25) is 0 Å². The van der Waals surface area contributed by atoms with Gasteiger partial charge in [-0.1, -0.05) is 42.5 Å². The molecule has 0 spiro atoms. The summed E-state index contributed by atoms with van der Waals surface area (Å²) in [4.78, 5) is 44.5. The molecule has 0 aliphatic carbocycles. The molecule has 2 N–H and O–H groups in total. The number of carbonyl (C=O) groups is 3. The fourth-order valence-electron chi connectivity index (χ4n) is 4.20. The highest BCUT2D eigenvalue weighted by Gasteiger charge is 2.32. The minimum absolute atomic E-state index is 0.0611. The zero-order valence-electron chi connectivity index (χ0n) is 17.7. The maximum absolute atomic E-state index is 13.1. The highest BCUT2D eigenvalue weighted by Crippen LogP contribution is 2.26. The second kappa shape index (κ2) is 8.73. The van der Waals surface area contributed by atoms with Crippen molar-refractivity contribution in [2.24, 2.45) is 0 Å². The minimum Gasteiger partial charge on any atom is -0.359 e. The number of rotatable bonds is 5. The fraction of sp³-hybridized carbons (Fsp3) is 0.292. The van der Waals surface area contributed by atoms with Gasteiger partial charge in [-0.15, -0.1) is 0 Å². The number of nitrogens with zero attached hydrogens (tertiary/aromatic N) is 2. The van der Waals surface area contributed by atoms with Crippen LogP contribution in [0.1, 0.15) is 29.8 Å². The van der Waals surface area contributed by atoms with Crippen LogP contribution in [-0.2, 0) is 16.1 Å². The topological polar surface area (TPSA) is 85.5 Å². The summed E-state index contributed by atoms with van der Waals surface area (Å²) in [6.45, 7) is 6.18. The van der Waals surface area contributed by atoms with Gasteiger partial charge in [-0.2, -0.15) is 0 Å². The Morgan fingerprint density at radius 3 is 2.55 bits per heavy atom. The lowest BCUT2D eigenvalue weighted by Crippen LogP contribution is -2.55. The quantitative estimate of drug-likeness (QED) is 0.493. The molecule has 4 rings (SSSR count). The Kier molecular flexibility index (Phi) is 5.86. The number of fused-ring (bicyclic) bond motifs is 1. The van der Waals surface area contributed by atoms with Gasteiger partial charge in [0.25, 0.3) is 11.7 Å². The first-order chi connectivity index (χ1) is 14.9. The van der Waals surface area contributed by atoms with Crippen molar-refractivity contribution in [3.63, 3.8) is 0 Å². The third kappa shape index (κ3) is 4.36. The molecular formula is C24H26N4O3. The number of para-hydroxylation sites is 1. The van der Waals surface area contributed by atoms with Crippen molar-refractivity contribution >= 4 is 34.2 Å². The Morgan fingerprint density at radius 2 is 1.84 bits per heavy atom. The van der Waals surface area contributed by atoms with E-state index in [0.717, 1.165) is 13.1 Å². The van der Waals surface area contributed by atoms with Gasteiger partial charge in [0, 0.05) is 50.7 Å². The van der Waals surface area contributed by atoms with E-state index in [4.69, 9.17) is 0 Å². The molecule has 1 aliphatic rings. The van der Waals surface area contributed by atoms with Gasteiger partial charge in [0.15, 0.2) is 0 Å². The van der Waals surface area contributed by atoms with E-state index in [2.05, 4.69) is 27.3 Å². The summed E-state index contributed by atoms with van der Waals surface area (Å²) in [5.41, 5.74) is 2.78. The van der Waals surface area contributed by atoms with Crippen molar-refractivity contribution in [2.45, 2.75) is 26.4 Å². The average molecular weight is 418 g/mol. The van der Waals surface area contributed by atoms with Gasteiger partial charge in [0.1, 0.15) is 0 Å². The molecule has 1 atom stereocenters. The summed E-state index contributed by atoms with van der Waals surface area (Å²) in [5, 5.41) is 3.37. The molecule has 7 nitrogen and oxygen atoms in total. The molecule has 0 saturated carbocycles. The number of H-pyrrole nitrogens is 1. The van der Waals surface area contributed by atoms with E-state index in [1.54, 1.807) is 29.3 Å². The Bertz CT molecular complexity index is 1120. The smallest absolute Gasteiger partial charge is 0.295 e. The lowest BCUT2D eigenvalue weighted by Gasteiger charge is -2.39. The van der Waals surface area contributed by atoms with Crippen LogP contribution in [0.3, 0.4) is 0 Å². The van der Waals surface area contributed by atoms with Gasteiger partial charge in [-0.25, -0.2) is 0 Å². The molecule has 0 unspecified atom stereocenters. The second-order valence-corrected chi connectivity index (χ2v) is 8.01. The first-order valence-electron chi connectivity index (χ1n) is 10.4. The van der Waals surface area contributed by atoms with Gasteiger partial charge in [0.2, 0.25) is 5.91 Å². The zero-order chi connectivity index (χ0) is 22.0. The number of hydrogen-bond donors (Lipinski definition) is 2. The van der Waals surface area contributed by atoms with Crippen molar-refractivity contribution in [3.8, 4) is 0 Å². The van der Waals surface area contributed by atoms with Crippen LogP contribution in [0.4, 0.5) is 5.69 Å². The number of carbonyl (C=O) groups excluding carboxylic acids is 3. The number of piperazine rings is 1. The van der Waals surface area contributed by atoms with Crippen molar-refractivity contribution in [2.75, 3.05) is 25.0 Å². The highest BCUT2D eigenvalue weighted by atomic mass is 16.2. The van der Waals surface area contributed by atoms with Crippen LogP contribution in [-0.4, -0.2) is 58.1 Å². The molecule has 31 heavy (non-hydrogen) atoms. The summed E-state index contributed by atoms with van der Waals surface area (Å²) in [6.07, 6.45) is 1.55. The molecular weight excluding hydrogens is 392 g/mol. The second-order valence-electron chi connectivity index (χ2n) is 8.01. The third-order valence-corrected chi connectivity index (χ3v) is 5.69. The van der Waals surface area contributed by atoms with E-state index in [-0.39, 0.29) is 11.9 Å². The van der Waals surface area contributed by atoms with E-state index in [1.165, 1.54) is 12.5 Å². The Labute approximate surface area is 181 Å². The zero-order valence-corrected chi connectivity index (χ0v) is 17.7. The lowest BCUT2D eigenvalue weighted by atomic mass is 10.1. The van der Waals surface area contributed by atoms with Crippen LogP contribution in [0.15, 0.2) is 54.7 Å². The van der Waals surface area contributed by atoms with E-state index in [0.29, 0.717) is 35.2 Å². The normalized spacial score (nSPS) is 17.0. The van der Waals surface area contributed by atoms with E-state index < -0.39 is 11.7 Å². The van der Waals surface area contributed by atoms with Gasteiger partial charge in [0.05, 0.1) is 16.8 Å². The molecule has 2 heterocycles. The third-order valence-electron chi connectivity index (χ3n) is 5.69. The maximum Gasteiger partial charge on any atom is 0.295 e. The lowest BCUT2D eigenvalue weighted by molar-refractivity contribution is -0.130. The largest absolute Gasteiger partial charge is 0.359 e. The number of benzene rings is 2. The summed E-state index contributed by atoms with van der Waals surface area (Å²) in [7, 11) is 0. The van der Waals surface area contributed by atoms with Crippen LogP contribution in [0.25, 0.3) is 10.9 Å². The van der Waals surface area contributed by atoms with Gasteiger partial charge < -0.3 is 15.2 Å². The Morgan fingerprint density at radius 1 is 1.06 bits per heavy atom. The number of anilines is 1. The van der Waals surface area contributed by atoms with E-state index in [1.807, 2.05) is 25.1 Å². The predicted octanol–water partition coefficient (Wildman–Crippen LogP) is 3.04. The molecule has 2 aromatic carbocycles. The van der Waals surface area contributed by atoms with Crippen molar-refractivity contribution in [1.29, 1.82) is 0 Å². The first-order valence-corrected chi connectivity index (χ1v) is 10.4. The summed E-state index contributed by atoms with van der Waals surface area (Å²) in [6, 6.07) is 15.5. The average Bonchev–Trinajstić information content (AvgIpc) is 3.18. The number of hydrogen-bond acceptors (Lipinski definition) is 4. The molecule has 7 heteroatoms. The molecule has 160 valence electrons. The van der Waals surface area contributed by atoms with Crippen LogP contribution < -0.4 is 5.32 Å². The molecule has 1 aromatic heterocycles. The molecule has 0 radical (unpaired) electrons. The number of aromatic amines is 1. The summed E-state index contributed by atoms with van der Waals surface area (Å²) in [5.74, 6) is -1.22. The number of amides is 2. The monoisotopic (exact) mass is 418 g/mol. The van der Waals surface area contributed by atoms with Crippen molar-refractivity contribution in [1.82, 2.24) is 14.8 Å². The van der Waals surface area contributed by atoms with Gasteiger partial charge >= 0.3 is 0 Å². The summed E-state index contributed by atoms with van der Waals surface area (Å²) >= 11 is 0. The van der Waals surface area contributed by atoms with Crippen molar-refractivity contribution in [3.05, 3.63) is 65.9 Å². The van der Waals surface area contributed by atoms with Crippen LogP contribution >= 0.6 is 0 Å². The fourth-order valence-corrected chi connectivity index (χ4v) is 4.20. The first kappa shape index (κ1) is 20.8. The standard InChI is InChI=1S/C24H26N4O3/c1-16-14-27(15-18-7-4-3-5-8-18)11-12-28(16)24(31)23(30)20-13-25-22-19(20)9-6-10-21(22)26-17(2)29/h3-10,13,16,25H,11-12,14-15H2,1-2H3,(H,26,29)/t16-/m1/s1. The van der Waals surface area contributed by atoms with E-state index in [9.17, 15) is 14.4 Å². The summed E-state index contributed by atoms with van der Waals surface area (Å²) < 4.78 is 0. The van der Waals surface area contributed by atoms with Crippen molar-refractivity contribution < 1.29 is 14.4 Å². The minimum atomic E-state index is -0.533. The SMILES string of the molecule is CC(=O)Nc1cccc2c(C(=O)C(=O)N3CCN(Cc4ccccc4)C[C@H]3C)c[nH]c12. The molecule has 2 amide bonds. The van der Waals surface area contributed by atoms with Gasteiger partial charge in [-0.3, -0.25) is 19.3 Å². The molecule has 1 saturated heterocycles. The number of nitrogens with one attached hydrogen (secondary N) is 2. The van der Waals surface area contributed by atoms with E-state index >= 15 is 0 Å². The number of aromatic nitrogens is 1. The molecule has 1 fully saturated rings. The maximum atomic E-state index is 13.1. The Hall–Kier alpha value is -3.45. The van der Waals surface area contributed by atoms with Gasteiger partial charge in [-0.05, 0) is 18.6 Å². The molecule has 3 aromatic rings. The predicted molar refractivity (Wildman–Crippen MR) is 120 cm³/mol.